The third kappa shape index (κ3) is 3.12. The summed E-state index contributed by atoms with van der Waals surface area (Å²) in [6.45, 7) is -2.93. The van der Waals surface area contributed by atoms with Crippen LogP contribution in [0.1, 0.15) is 28.8 Å². The highest BCUT2D eigenvalue weighted by molar-refractivity contribution is 7.18. The van der Waals surface area contributed by atoms with E-state index in [-0.39, 0.29) is 11.3 Å². The zero-order valence-electron chi connectivity index (χ0n) is 13.7. The molecule has 4 rings (SSSR count). The minimum Gasteiger partial charge on any atom is -0.434 e. The van der Waals surface area contributed by atoms with Gasteiger partial charge in [0, 0.05) is 10.4 Å². The molecule has 0 saturated carbocycles. The first kappa shape index (κ1) is 16.8. The molecule has 0 atom stereocenters. The monoisotopic (exact) mass is 375 g/mol. The second-order valence-electron chi connectivity index (χ2n) is 5.95. The molecule has 0 amide bonds. The molecule has 2 heterocycles. The summed E-state index contributed by atoms with van der Waals surface area (Å²) in [6, 6.07) is 6.28. The summed E-state index contributed by atoms with van der Waals surface area (Å²) in [4.78, 5) is 19.1. The molecule has 26 heavy (non-hydrogen) atoms. The molecule has 1 aliphatic carbocycles. The SMILES string of the molecule is O=c1c2c3c(sc2ncn1N=Cc1ccccc1OC(F)F)CCCC3. The number of nitrogens with zero attached hydrogens (tertiary/aromatic N) is 3. The zero-order chi connectivity index (χ0) is 18.1. The molecule has 134 valence electrons. The van der Waals surface area contributed by atoms with Gasteiger partial charge in [-0.2, -0.15) is 18.6 Å². The van der Waals surface area contributed by atoms with E-state index in [0.29, 0.717) is 10.9 Å². The van der Waals surface area contributed by atoms with Crippen LogP contribution >= 0.6 is 11.3 Å². The predicted molar refractivity (Wildman–Crippen MR) is 96.6 cm³/mol. The van der Waals surface area contributed by atoms with E-state index in [2.05, 4.69) is 14.8 Å². The van der Waals surface area contributed by atoms with Gasteiger partial charge in [0.1, 0.15) is 16.9 Å². The maximum absolute atomic E-state index is 12.8. The lowest BCUT2D eigenvalue weighted by Crippen LogP contribution is -2.18. The van der Waals surface area contributed by atoms with Gasteiger partial charge >= 0.3 is 6.61 Å². The number of alkyl halides is 2. The number of para-hydroxylation sites is 1. The van der Waals surface area contributed by atoms with Crippen LogP contribution in [-0.4, -0.2) is 22.5 Å². The number of halogens is 2. The van der Waals surface area contributed by atoms with Crippen LogP contribution in [0.15, 0.2) is 40.5 Å². The first-order valence-corrected chi connectivity index (χ1v) is 9.05. The van der Waals surface area contributed by atoms with Crippen LogP contribution in [0.25, 0.3) is 10.2 Å². The quantitative estimate of drug-likeness (QED) is 0.652. The molecule has 0 saturated heterocycles. The van der Waals surface area contributed by atoms with Gasteiger partial charge in [-0.3, -0.25) is 4.79 Å². The largest absolute Gasteiger partial charge is 0.434 e. The van der Waals surface area contributed by atoms with Crippen molar-refractivity contribution in [3.05, 3.63) is 57.0 Å². The number of thiophene rings is 1. The highest BCUT2D eigenvalue weighted by Gasteiger charge is 2.19. The molecule has 1 aromatic carbocycles. The number of aromatic nitrogens is 2. The Labute approximate surface area is 151 Å². The number of fused-ring (bicyclic) bond motifs is 3. The Hall–Kier alpha value is -2.61. The molecule has 0 unspecified atom stereocenters. The van der Waals surface area contributed by atoms with Crippen molar-refractivity contribution in [1.82, 2.24) is 9.66 Å². The molecule has 0 N–H and O–H groups in total. The van der Waals surface area contributed by atoms with Crippen LogP contribution in [0, 0.1) is 0 Å². The maximum Gasteiger partial charge on any atom is 0.387 e. The van der Waals surface area contributed by atoms with E-state index in [0.717, 1.165) is 40.8 Å². The van der Waals surface area contributed by atoms with E-state index >= 15 is 0 Å². The number of hydrogen-bond donors (Lipinski definition) is 0. The highest BCUT2D eigenvalue weighted by atomic mass is 32.1. The second-order valence-corrected chi connectivity index (χ2v) is 7.03. The molecule has 0 spiro atoms. The maximum atomic E-state index is 12.8. The Bertz CT molecular complexity index is 1040. The topological polar surface area (TPSA) is 56.5 Å². The number of ether oxygens (including phenoxy) is 1. The van der Waals surface area contributed by atoms with Crippen molar-refractivity contribution in [2.75, 3.05) is 0 Å². The molecule has 0 radical (unpaired) electrons. The average Bonchev–Trinajstić information content (AvgIpc) is 3.01. The van der Waals surface area contributed by atoms with Gasteiger partial charge in [-0.1, -0.05) is 12.1 Å². The van der Waals surface area contributed by atoms with E-state index in [1.54, 1.807) is 29.5 Å². The Balaban J connectivity index is 1.73. The zero-order valence-corrected chi connectivity index (χ0v) is 14.5. The lowest BCUT2D eigenvalue weighted by Gasteiger charge is -2.09. The minimum atomic E-state index is -2.93. The summed E-state index contributed by atoms with van der Waals surface area (Å²) in [6.07, 6.45) is 6.75. The smallest absolute Gasteiger partial charge is 0.387 e. The Morgan fingerprint density at radius 3 is 2.92 bits per heavy atom. The lowest BCUT2D eigenvalue weighted by molar-refractivity contribution is -0.0499. The van der Waals surface area contributed by atoms with Crippen LogP contribution < -0.4 is 10.3 Å². The summed E-state index contributed by atoms with van der Waals surface area (Å²) in [5.74, 6) is 0.00116. The van der Waals surface area contributed by atoms with E-state index in [9.17, 15) is 13.6 Å². The summed E-state index contributed by atoms with van der Waals surface area (Å²) >= 11 is 1.57. The Morgan fingerprint density at radius 2 is 2.08 bits per heavy atom. The van der Waals surface area contributed by atoms with E-state index in [4.69, 9.17) is 0 Å². The van der Waals surface area contributed by atoms with Crippen molar-refractivity contribution >= 4 is 27.8 Å². The fourth-order valence-corrected chi connectivity index (χ4v) is 4.35. The van der Waals surface area contributed by atoms with Crippen molar-refractivity contribution < 1.29 is 13.5 Å². The van der Waals surface area contributed by atoms with Crippen molar-refractivity contribution in [2.24, 2.45) is 5.10 Å². The normalized spacial score (nSPS) is 14.3. The second kappa shape index (κ2) is 6.95. The van der Waals surface area contributed by atoms with E-state index in [1.165, 1.54) is 23.5 Å². The van der Waals surface area contributed by atoms with Gasteiger partial charge in [-0.15, -0.1) is 11.3 Å². The van der Waals surface area contributed by atoms with Crippen molar-refractivity contribution in [1.29, 1.82) is 0 Å². The summed E-state index contributed by atoms with van der Waals surface area (Å²) in [5.41, 5.74) is 1.20. The first-order chi connectivity index (χ1) is 12.6. The van der Waals surface area contributed by atoms with Crippen LogP contribution in [0.4, 0.5) is 8.78 Å². The molecular weight excluding hydrogens is 360 g/mol. The first-order valence-electron chi connectivity index (χ1n) is 8.23. The van der Waals surface area contributed by atoms with Crippen molar-refractivity contribution in [2.45, 2.75) is 32.3 Å². The van der Waals surface area contributed by atoms with Crippen molar-refractivity contribution in [3.8, 4) is 5.75 Å². The Kier molecular flexibility index (Phi) is 4.50. The Morgan fingerprint density at radius 1 is 1.27 bits per heavy atom. The molecule has 0 fully saturated rings. The highest BCUT2D eigenvalue weighted by Crippen LogP contribution is 2.33. The standard InChI is InChI=1S/C18H15F2N3O2S/c19-18(20)25-13-7-3-1-5-11(13)9-22-23-10-21-16-15(17(23)24)12-6-2-4-8-14(12)26-16/h1,3,5,7,9-10,18H,2,4,6,8H2. The molecule has 8 heteroatoms. The number of benzene rings is 1. The summed E-state index contributed by atoms with van der Waals surface area (Å²) < 4.78 is 30.6. The third-order valence-corrected chi connectivity index (χ3v) is 5.52. The van der Waals surface area contributed by atoms with Crippen LogP contribution in [-0.2, 0) is 12.8 Å². The van der Waals surface area contributed by atoms with Gasteiger partial charge in [0.25, 0.3) is 5.56 Å². The molecule has 0 aliphatic heterocycles. The number of aryl methyl sites for hydroxylation is 2. The third-order valence-electron chi connectivity index (χ3n) is 4.32. The fourth-order valence-electron chi connectivity index (χ4n) is 3.13. The minimum absolute atomic E-state index is 0.00116. The fraction of sp³-hybridized carbons (Fsp3) is 0.278. The molecule has 1 aliphatic rings. The number of hydrogen-bond acceptors (Lipinski definition) is 5. The molecule has 0 bridgehead atoms. The van der Waals surface area contributed by atoms with E-state index < -0.39 is 6.61 Å². The molecular formula is C18H15F2N3O2S. The average molecular weight is 375 g/mol. The van der Waals surface area contributed by atoms with Crippen molar-refractivity contribution in [3.63, 3.8) is 0 Å². The predicted octanol–water partition coefficient (Wildman–Crippen LogP) is 3.82. The van der Waals surface area contributed by atoms with Gasteiger partial charge in [0.2, 0.25) is 0 Å². The van der Waals surface area contributed by atoms with Gasteiger partial charge in [-0.25, -0.2) is 4.98 Å². The molecule has 3 aromatic rings. The van der Waals surface area contributed by atoms with Crippen LogP contribution in [0.5, 0.6) is 5.75 Å². The van der Waals surface area contributed by atoms with Gasteiger partial charge in [0.05, 0.1) is 11.6 Å². The van der Waals surface area contributed by atoms with Crippen LogP contribution in [0.3, 0.4) is 0 Å². The molecule has 2 aromatic heterocycles. The van der Waals surface area contributed by atoms with Gasteiger partial charge in [-0.05, 0) is 43.4 Å². The molecule has 5 nitrogen and oxygen atoms in total. The van der Waals surface area contributed by atoms with E-state index in [1.807, 2.05) is 0 Å². The number of rotatable bonds is 4. The van der Waals surface area contributed by atoms with Crippen LogP contribution in [0.2, 0.25) is 0 Å². The summed E-state index contributed by atoms with van der Waals surface area (Å²) in [5, 5.41) is 4.75. The van der Waals surface area contributed by atoms with Gasteiger partial charge in [0.15, 0.2) is 0 Å². The van der Waals surface area contributed by atoms with Gasteiger partial charge < -0.3 is 4.74 Å². The summed E-state index contributed by atoms with van der Waals surface area (Å²) in [7, 11) is 0. The lowest BCUT2D eigenvalue weighted by atomic mass is 9.97.